The molecule has 0 aliphatic carbocycles. The van der Waals surface area contributed by atoms with Gasteiger partial charge in [-0.1, -0.05) is 72.8 Å². The number of allylic oxidation sites excluding steroid dienone is 1. The average molecular weight is 292 g/mol. The maximum atomic E-state index is 10.3. The smallest absolute Gasteiger partial charge is 0.0830 e. The monoisotopic (exact) mass is 292 g/mol. The number of hydrogen-bond acceptors (Lipinski definition) is 2. The molecule has 3 rings (SSSR count). The van der Waals surface area contributed by atoms with Crippen LogP contribution in [-0.2, 0) is 11.3 Å². The van der Waals surface area contributed by atoms with Crippen molar-refractivity contribution in [3.8, 4) is 0 Å². The highest BCUT2D eigenvalue weighted by Crippen LogP contribution is 2.28. The highest BCUT2D eigenvalue weighted by atomic mass is 16.5. The molecule has 2 aromatic carbocycles. The maximum Gasteiger partial charge on any atom is 0.0830 e. The summed E-state index contributed by atoms with van der Waals surface area (Å²) < 4.78 is 5.63. The van der Waals surface area contributed by atoms with E-state index in [-0.39, 0.29) is 0 Å². The Bertz CT molecular complexity index is 686. The van der Waals surface area contributed by atoms with E-state index in [0.717, 1.165) is 16.7 Å². The fourth-order valence-electron chi connectivity index (χ4n) is 2.77. The molecular formula is C20H20O2. The Balaban J connectivity index is 1.74. The quantitative estimate of drug-likeness (QED) is 0.911. The van der Waals surface area contributed by atoms with Crippen LogP contribution in [0.4, 0.5) is 0 Å². The van der Waals surface area contributed by atoms with Gasteiger partial charge in [0.1, 0.15) is 0 Å². The molecule has 0 saturated heterocycles. The minimum atomic E-state index is -0.523. The Morgan fingerprint density at radius 1 is 1.09 bits per heavy atom. The van der Waals surface area contributed by atoms with E-state index in [4.69, 9.17) is 4.74 Å². The average Bonchev–Trinajstić information content (AvgIpc) is 2.56. The molecule has 2 aromatic rings. The van der Waals surface area contributed by atoms with E-state index in [1.54, 1.807) is 0 Å². The van der Waals surface area contributed by atoms with Crippen molar-refractivity contribution in [1.82, 2.24) is 0 Å². The van der Waals surface area contributed by atoms with Gasteiger partial charge < -0.3 is 9.84 Å². The van der Waals surface area contributed by atoms with E-state index < -0.39 is 6.10 Å². The Hall–Kier alpha value is -2.16. The molecule has 0 fully saturated rings. The molecule has 1 aliphatic rings. The Labute approximate surface area is 131 Å². The van der Waals surface area contributed by atoms with E-state index in [0.29, 0.717) is 19.6 Å². The maximum absolute atomic E-state index is 10.3. The molecule has 1 atom stereocenters. The summed E-state index contributed by atoms with van der Waals surface area (Å²) in [4.78, 5) is 0. The Morgan fingerprint density at radius 2 is 1.82 bits per heavy atom. The molecule has 0 amide bonds. The first-order valence-corrected chi connectivity index (χ1v) is 7.51. The summed E-state index contributed by atoms with van der Waals surface area (Å²) in [5, 5.41) is 10.3. The van der Waals surface area contributed by atoms with Crippen molar-refractivity contribution < 1.29 is 9.84 Å². The number of aliphatic hydroxyl groups excluding tert-OH is 1. The van der Waals surface area contributed by atoms with E-state index >= 15 is 0 Å². The van der Waals surface area contributed by atoms with Gasteiger partial charge in [0.2, 0.25) is 0 Å². The van der Waals surface area contributed by atoms with Crippen molar-refractivity contribution in [3.05, 3.63) is 89.5 Å². The lowest BCUT2D eigenvalue weighted by Gasteiger charge is -2.20. The van der Waals surface area contributed by atoms with Crippen LogP contribution in [0.15, 0.2) is 72.8 Å². The Kier molecular flexibility index (Phi) is 4.52. The molecule has 0 bridgehead atoms. The lowest BCUT2D eigenvalue weighted by Crippen LogP contribution is -2.09. The molecule has 0 aromatic heterocycles. The summed E-state index contributed by atoms with van der Waals surface area (Å²) in [5.41, 5.74) is 5.39. The predicted octanol–water partition coefficient (Wildman–Crippen LogP) is 4.28. The van der Waals surface area contributed by atoms with Crippen LogP contribution in [0.5, 0.6) is 0 Å². The SMILES string of the molecule is C=C(/C=C1/COCc2ccccc21)CC(O)c1ccccc1. The number of rotatable bonds is 4. The van der Waals surface area contributed by atoms with Gasteiger partial charge in [0, 0.05) is 6.42 Å². The molecule has 0 radical (unpaired) electrons. The van der Waals surface area contributed by atoms with Crippen LogP contribution in [0.25, 0.3) is 5.57 Å². The molecule has 2 nitrogen and oxygen atoms in total. The van der Waals surface area contributed by atoms with Crippen LogP contribution in [-0.4, -0.2) is 11.7 Å². The minimum absolute atomic E-state index is 0.523. The zero-order valence-corrected chi connectivity index (χ0v) is 12.5. The third-order valence-corrected chi connectivity index (χ3v) is 3.90. The first-order valence-electron chi connectivity index (χ1n) is 7.51. The molecule has 1 aliphatic heterocycles. The van der Waals surface area contributed by atoms with Crippen molar-refractivity contribution in [2.45, 2.75) is 19.1 Å². The van der Waals surface area contributed by atoms with Gasteiger partial charge in [0.15, 0.2) is 0 Å². The predicted molar refractivity (Wildman–Crippen MR) is 89.2 cm³/mol. The molecule has 22 heavy (non-hydrogen) atoms. The van der Waals surface area contributed by atoms with Crippen LogP contribution >= 0.6 is 0 Å². The number of benzene rings is 2. The first-order chi connectivity index (χ1) is 10.7. The van der Waals surface area contributed by atoms with E-state index in [2.05, 4.69) is 18.7 Å². The molecule has 1 unspecified atom stereocenters. The highest BCUT2D eigenvalue weighted by molar-refractivity contribution is 5.72. The number of hydrogen-bond donors (Lipinski definition) is 1. The summed E-state index contributed by atoms with van der Waals surface area (Å²) in [6.07, 6.45) is 2.05. The fourth-order valence-corrected chi connectivity index (χ4v) is 2.77. The van der Waals surface area contributed by atoms with E-state index in [1.165, 1.54) is 11.1 Å². The van der Waals surface area contributed by atoms with Crippen molar-refractivity contribution in [1.29, 1.82) is 0 Å². The summed E-state index contributed by atoms with van der Waals surface area (Å²) in [6.45, 7) is 5.35. The van der Waals surface area contributed by atoms with Crippen molar-refractivity contribution in [3.63, 3.8) is 0 Å². The first kappa shape index (κ1) is 14.8. The van der Waals surface area contributed by atoms with Crippen LogP contribution in [0.1, 0.15) is 29.2 Å². The van der Waals surface area contributed by atoms with Gasteiger partial charge in [-0.05, 0) is 22.3 Å². The van der Waals surface area contributed by atoms with Crippen LogP contribution in [0, 0.1) is 0 Å². The molecule has 1 heterocycles. The normalized spacial score (nSPS) is 17.0. The van der Waals surface area contributed by atoms with Crippen LogP contribution in [0.3, 0.4) is 0 Å². The van der Waals surface area contributed by atoms with Gasteiger partial charge in [-0.2, -0.15) is 0 Å². The van der Waals surface area contributed by atoms with Gasteiger partial charge in [-0.3, -0.25) is 0 Å². The van der Waals surface area contributed by atoms with Gasteiger partial charge in [-0.25, -0.2) is 0 Å². The van der Waals surface area contributed by atoms with Gasteiger partial charge >= 0.3 is 0 Å². The van der Waals surface area contributed by atoms with Crippen molar-refractivity contribution in [2.24, 2.45) is 0 Å². The summed E-state index contributed by atoms with van der Waals surface area (Å²) in [6, 6.07) is 18.0. The summed E-state index contributed by atoms with van der Waals surface area (Å²) in [5.74, 6) is 0. The zero-order chi connectivity index (χ0) is 15.4. The van der Waals surface area contributed by atoms with E-state index in [9.17, 15) is 5.11 Å². The van der Waals surface area contributed by atoms with Gasteiger partial charge in [0.05, 0.1) is 19.3 Å². The minimum Gasteiger partial charge on any atom is -0.388 e. The van der Waals surface area contributed by atoms with E-state index in [1.807, 2.05) is 48.5 Å². The van der Waals surface area contributed by atoms with Crippen LogP contribution in [0.2, 0.25) is 0 Å². The lowest BCUT2D eigenvalue weighted by atomic mass is 9.95. The highest BCUT2D eigenvalue weighted by Gasteiger charge is 2.14. The fraction of sp³-hybridized carbons (Fsp3) is 0.200. The second-order valence-electron chi connectivity index (χ2n) is 5.61. The number of fused-ring (bicyclic) bond motifs is 1. The second kappa shape index (κ2) is 6.73. The third-order valence-electron chi connectivity index (χ3n) is 3.90. The van der Waals surface area contributed by atoms with Gasteiger partial charge in [-0.15, -0.1) is 0 Å². The Morgan fingerprint density at radius 3 is 2.64 bits per heavy atom. The number of ether oxygens (including phenoxy) is 1. The molecule has 112 valence electrons. The topological polar surface area (TPSA) is 29.5 Å². The lowest BCUT2D eigenvalue weighted by molar-refractivity contribution is 0.146. The molecule has 1 N–H and O–H groups in total. The van der Waals surface area contributed by atoms with Crippen molar-refractivity contribution >= 4 is 5.57 Å². The zero-order valence-electron chi connectivity index (χ0n) is 12.5. The molecule has 2 heteroatoms. The largest absolute Gasteiger partial charge is 0.388 e. The summed E-state index contributed by atoms with van der Waals surface area (Å²) >= 11 is 0. The second-order valence-corrected chi connectivity index (χ2v) is 5.61. The standard InChI is InChI=1S/C20H20O2/c1-15(12-20(21)16-7-3-2-4-8-16)11-18-14-22-13-17-9-5-6-10-19(17)18/h2-11,20-21H,1,12-14H2/b18-11-. The van der Waals surface area contributed by atoms with Gasteiger partial charge in [0.25, 0.3) is 0 Å². The van der Waals surface area contributed by atoms with Crippen molar-refractivity contribution in [2.75, 3.05) is 6.61 Å². The summed E-state index contributed by atoms with van der Waals surface area (Å²) in [7, 11) is 0. The third kappa shape index (κ3) is 3.35. The molecule has 0 spiro atoms. The number of aliphatic hydroxyl groups is 1. The molecule has 0 saturated carbocycles. The van der Waals surface area contributed by atoms with Crippen LogP contribution < -0.4 is 0 Å². The molecular weight excluding hydrogens is 272 g/mol.